The Kier molecular flexibility index (Phi) is 7.06. The minimum atomic E-state index is -0.469. The second kappa shape index (κ2) is 9.72. The molecule has 3 aromatic rings. The molecule has 0 atom stereocenters. The topological polar surface area (TPSA) is 110 Å². The number of ether oxygens (including phenoxy) is 1. The number of aromatic nitrogens is 4. The Balaban J connectivity index is 1.85. The summed E-state index contributed by atoms with van der Waals surface area (Å²) in [5, 5.41) is 3.34. The monoisotopic (exact) mass is 447 g/mol. The molecular formula is C19H21N5O4S2. The summed E-state index contributed by atoms with van der Waals surface area (Å²) in [6, 6.07) is 9.51. The molecule has 2 heterocycles. The largest absolute Gasteiger partial charge is 0.462 e. The summed E-state index contributed by atoms with van der Waals surface area (Å²) in [7, 11) is 1.65. The van der Waals surface area contributed by atoms with Crippen molar-refractivity contribution in [1.29, 1.82) is 0 Å². The zero-order chi connectivity index (χ0) is 21.7. The van der Waals surface area contributed by atoms with E-state index in [1.54, 1.807) is 20.9 Å². The molecule has 11 heteroatoms. The van der Waals surface area contributed by atoms with Crippen molar-refractivity contribution >= 4 is 40.1 Å². The number of rotatable bonds is 8. The SMILES string of the molecule is CCOC(=O)c1sc(N(Cc2ccccc2)C(=O)CSc2nc(=O)[nH]n2C)nc1C. The van der Waals surface area contributed by atoms with E-state index >= 15 is 0 Å². The molecule has 0 aliphatic rings. The van der Waals surface area contributed by atoms with Crippen LogP contribution in [0.5, 0.6) is 0 Å². The second-order valence-corrected chi connectivity index (χ2v) is 8.18. The van der Waals surface area contributed by atoms with E-state index in [0.29, 0.717) is 27.4 Å². The van der Waals surface area contributed by atoms with Crippen molar-refractivity contribution in [3.8, 4) is 0 Å². The van der Waals surface area contributed by atoms with Crippen molar-refractivity contribution in [3.63, 3.8) is 0 Å². The lowest BCUT2D eigenvalue weighted by molar-refractivity contribution is -0.116. The minimum absolute atomic E-state index is 0.0539. The molecule has 0 spiro atoms. The van der Waals surface area contributed by atoms with Crippen LogP contribution < -0.4 is 10.6 Å². The lowest BCUT2D eigenvalue weighted by atomic mass is 10.2. The number of carbonyl (C=O) groups is 2. The molecule has 0 aliphatic carbocycles. The van der Waals surface area contributed by atoms with Crippen LogP contribution in [0, 0.1) is 6.92 Å². The molecule has 1 aromatic carbocycles. The van der Waals surface area contributed by atoms with Crippen LogP contribution >= 0.6 is 23.1 Å². The van der Waals surface area contributed by atoms with E-state index in [-0.39, 0.29) is 18.3 Å². The molecule has 2 aromatic heterocycles. The van der Waals surface area contributed by atoms with Gasteiger partial charge in [-0.1, -0.05) is 53.4 Å². The van der Waals surface area contributed by atoms with Crippen LogP contribution in [-0.2, 0) is 23.1 Å². The number of esters is 1. The fourth-order valence-corrected chi connectivity index (χ4v) is 4.40. The van der Waals surface area contributed by atoms with Gasteiger partial charge in [-0.2, -0.15) is 4.98 Å². The third kappa shape index (κ3) is 5.16. The average Bonchev–Trinajstić information content (AvgIpc) is 3.26. The fraction of sp³-hybridized carbons (Fsp3) is 0.316. The number of thioether (sulfide) groups is 1. The van der Waals surface area contributed by atoms with E-state index in [1.807, 2.05) is 30.3 Å². The van der Waals surface area contributed by atoms with Crippen molar-refractivity contribution < 1.29 is 14.3 Å². The number of benzene rings is 1. The summed E-state index contributed by atoms with van der Waals surface area (Å²) in [5.74, 6) is -0.617. The molecule has 9 nitrogen and oxygen atoms in total. The molecule has 1 N–H and O–H groups in total. The summed E-state index contributed by atoms with van der Waals surface area (Å²) < 4.78 is 6.55. The molecule has 1 amide bonds. The number of aryl methyl sites for hydroxylation is 2. The number of anilines is 1. The number of hydrogen-bond donors (Lipinski definition) is 1. The molecule has 0 radical (unpaired) electrons. The van der Waals surface area contributed by atoms with E-state index in [2.05, 4.69) is 15.1 Å². The van der Waals surface area contributed by atoms with Gasteiger partial charge in [-0.05, 0) is 19.4 Å². The van der Waals surface area contributed by atoms with E-state index in [0.717, 1.165) is 28.7 Å². The van der Waals surface area contributed by atoms with Gasteiger partial charge in [0.2, 0.25) is 5.91 Å². The summed E-state index contributed by atoms with van der Waals surface area (Å²) in [4.78, 5) is 46.8. The molecule has 0 bridgehead atoms. The fourth-order valence-electron chi connectivity index (χ4n) is 2.62. The van der Waals surface area contributed by atoms with Gasteiger partial charge in [0, 0.05) is 7.05 Å². The molecule has 0 unspecified atom stereocenters. The van der Waals surface area contributed by atoms with Gasteiger partial charge in [0.25, 0.3) is 0 Å². The standard InChI is InChI=1S/C19H21N5O4S2/c1-4-28-16(26)15-12(2)20-19(30-15)24(10-13-8-6-5-7-9-13)14(25)11-29-18-21-17(27)22-23(18)3/h5-9H,4,10-11H2,1-3H3,(H,22,27). The Morgan fingerprint density at radius 1 is 1.27 bits per heavy atom. The molecule has 30 heavy (non-hydrogen) atoms. The Bertz CT molecular complexity index is 1090. The van der Waals surface area contributed by atoms with Crippen LogP contribution in [0.2, 0.25) is 0 Å². The van der Waals surface area contributed by atoms with Crippen LogP contribution in [-0.4, -0.2) is 44.0 Å². The first-order valence-electron chi connectivity index (χ1n) is 9.13. The zero-order valence-corrected chi connectivity index (χ0v) is 18.4. The van der Waals surface area contributed by atoms with Crippen LogP contribution in [0.1, 0.15) is 27.9 Å². The predicted octanol–water partition coefficient (Wildman–Crippen LogP) is 2.38. The number of hydrogen-bond acceptors (Lipinski definition) is 8. The Labute approximate surface area is 181 Å². The van der Waals surface area contributed by atoms with E-state index < -0.39 is 11.7 Å². The molecule has 0 saturated heterocycles. The highest BCUT2D eigenvalue weighted by Crippen LogP contribution is 2.29. The van der Waals surface area contributed by atoms with Gasteiger partial charge in [-0.25, -0.2) is 19.7 Å². The van der Waals surface area contributed by atoms with Gasteiger partial charge in [0.05, 0.1) is 24.6 Å². The quantitative estimate of drug-likeness (QED) is 0.417. The zero-order valence-electron chi connectivity index (χ0n) is 16.7. The highest BCUT2D eigenvalue weighted by atomic mass is 32.2. The van der Waals surface area contributed by atoms with Gasteiger partial charge < -0.3 is 4.74 Å². The Hall–Kier alpha value is -2.92. The van der Waals surface area contributed by atoms with Crippen LogP contribution in [0.15, 0.2) is 40.3 Å². The number of amides is 1. The highest BCUT2D eigenvalue weighted by molar-refractivity contribution is 7.99. The molecule has 0 saturated carbocycles. The van der Waals surface area contributed by atoms with Gasteiger partial charge >= 0.3 is 11.7 Å². The van der Waals surface area contributed by atoms with E-state index in [1.165, 1.54) is 9.58 Å². The summed E-state index contributed by atoms with van der Waals surface area (Å²) in [6.45, 7) is 4.01. The number of nitrogens with one attached hydrogen (secondary N) is 1. The van der Waals surface area contributed by atoms with Crippen molar-refractivity contribution in [2.24, 2.45) is 7.05 Å². The minimum Gasteiger partial charge on any atom is -0.462 e. The lowest BCUT2D eigenvalue weighted by Crippen LogP contribution is -2.32. The maximum Gasteiger partial charge on any atom is 0.362 e. The van der Waals surface area contributed by atoms with Crippen molar-refractivity contribution in [2.45, 2.75) is 25.5 Å². The van der Waals surface area contributed by atoms with Crippen LogP contribution in [0.3, 0.4) is 0 Å². The predicted molar refractivity (Wildman–Crippen MR) is 115 cm³/mol. The van der Waals surface area contributed by atoms with Crippen molar-refractivity contribution in [3.05, 3.63) is 57.0 Å². The maximum absolute atomic E-state index is 13.1. The number of carbonyl (C=O) groups excluding carboxylic acids is 2. The first-order chi connectivity index (χ1) is 14.4. The van der Waals surface area contributed by atoms with Crippen LogP contribution in [0.4, 0.5) is 5.13 Å². The summed E-state index contributed by atoms with van der Waals surface area (Å²) in [5.41, 5.74) is 0.971. The smallest absolute Gasteiger partial charge is 0.362 e. The molecule has 3 rings (SSSR count). The maximum atomic E-state index is 13.1. The number of nitrogens with zero attached hydrogens (tertiary/aromatic N) is 4. The number of thiazole rings is 1. The van der Waals surface area contributed by atoms with Gasteiger partial charge in [-0.3, -0.25) is 14.4 Å². The lowest BCUT2D eigenvalue weighted by Gasteiger charge is -2.20. The Morgan fingerprint density at radius 3 is 2.63 bits per heavy atom. The Morgan fingerprint density at radius 2 is 2.00 bits per heavy atom. The first-order valence-corrected chi connectivity index (χ1v) is 10.9. The van der Waals surface area contributed by atoms with E-state index in [9.17, 15) is 14.4 Å². The van der Waals surface area contributed by atoms with Gasteiger partial charge in [0.15, 0.2) is 10.3 Å². The van der Waals surface area contributed by atoms with Gasteiger partial charge in [0.1, 0.15) is 4.88 Å². The van der Waals surface area contributed by atoms with E-state index in [4.69, 9.17) is 4.74 Å². The first kappa shape index (κ1) is 21.8. The summed E-state index contributed by atoms with van der Waals surface area (Å²) in [6.07, 6.45) is 0. The molecule has 158 valence electrons. The normalized spacial score (nSPS) is 10.8. The van der Waals surface area contributed by atoms with Crippen molar-refractivity contribution in [2.75, 3.05) is 17.3 Å². The van der Waals surface area contributed by atoms with Crippen LogP contribution in [0.25, 0.3) is 0 Å². The number of aromatic amines is 1. The summed E-state index contributed by atoms with van der Waals surface area (Å²) >= 11 is 2.27. The molecular weight excluding hydrogens is 426 g/mol. The van der Waals surface area contributed by atoms with Crippen molar-refractivity contribution in [1.82, 2.24) is 19.7 Å². The second-order valence-electron chi connectivity index (χ2n) is 6.26. The molecule has 0 fully saturated rings. The average molecular weight is 448 g/mol. The van der Waals surface area contributed by atoms with Gasteiger partial charge in [-0.15, -0.1) is 0 Å². The number of H-pyrrole nitrogens is 1. The highest BCUT2D eigenvalue weighted by Gasteiger charge is 2.24. The molecule has 0 aliphatic heterocycles. The third-order valence-electron chi connectivity index (χ3n) is 4.03. The third-order valence-corrected chi connectivity index (χ3v) is 6.21.